The lowest BCUT2D eigenvalue weighted by atomic mass is 9.86. The van der Waals surface area contributed by atoms with Gasteiger partial charge in [0.2, 0.25) is 0 Å². The van der Waals surface area contributed by atoms with Crippen LogP contribution in [0.1, 0.15) is 45.1 Å². The van der Waals surface area contributed by atoms with Gasteiger partial charge in [-0.15, -0.1) is 0 Å². The van der Waals surface area contributed by atoms with E-state index in [9.17, 15) is 0 Å². The molecule has 1 aliphatic rings. The second kappa shape index (κ2) is 7.48. The molecule has 0 amide bonds. The molecule has 0 aromatic heterocycles. The second-order valence-electron chi connectivity index (χ2n) is 5.78. The first-order valence-corrected chi connectivity index (χ1v) is 8.20. The highest BCUT2D eigenvalue weighted by Gasteiger charge is 2.34. The highest BCUT2D eigenvalue weighted by atomic mass is 35.5. The molecule has 118 valence electrons. The van der Waals surface area contributed by atoms with E-state index in [2.05, 4.69) is 25.2 Å². The minimum absolute atomic E-state index is 0.0630. The van der Waals surface area contributed by atoms with Gasteiger partial charge >= 0.3 is 0 Å². The van der Waals surface area contributed by atoms with Crippen molar-refractivity contribution >= 4 is 11.6 Å². The molecule has 0 radical (unpaired) electrons. The number of hydrogen-bond acceptors (Lipinski definition) is 3. The smallest absolute Gasteiger partial charge is 0.137 e. The van der Waals surface area contributed by atoms with E-state index in [1.165, 1.54) is 5.56 Å². The van der Waals surface area contributed by atoms with E-state index in [0.717, 1.165) is 44.6 Å². The molecule has 1 aromatic carbocycles. The Hall–Kier alpha value is -0.770. The van der Waals surface area contributed by atoms with Gasteiger partial charge in [-0.05, 0) is 43.4 Å². The quantitative estimate of drug-likeness (QED) is 0.855. The standard InChI is InChI=1S/C17H26ClNO2/c1-4-17(5-2)11-14(8-9-21-17)19-12-13-6-7-16(20-3)15(18)10-13/h6-7,10,14,19H,4-5,8-9,11-12H2,1-3H3. The Balaban J connectivity index is 1.92. The predicted octanol–water partition coefficient (Wildman–Crippen LogP) is 4.18. The topological polar surface area (TPSA) is 30.5 Å². The van der Waals surface area contributed by atoms with Gasteiger partial charge in [0.25, 0.3) is 0 Å². The zero-order valence-electron chi connectivity index (χ0n) is 13.2. The van der Waals surface area contributed by atoms with Gasteiger partial charge in [0.1, 0.15) is 5.75 Å². The Kier molecular flexibility index (Phi) is 5.91. The maximum atomic E-state index is 6.17. The Morgan fingerprint density at radius 1 is 1.38 bits per heavy atom. The van der Waals surface area contributed by atoms with Crippen LogP contribution in [0.25, 0.3) is 0 Å². The number of halogens is 1. The average Bonchev–Trinajstić information content (AvgIpc) is 2.53. The molecule has 0 spiro atoms. The minimum atomic E-state index is 0.0630. The van der Waals surface area contributed by atoms with Crippen molar-refractivity contribution in [3.05, 3.63) is 28.8 Å². The summed E-state index contributed by atoms with van der Waals surface area (Å²) in [5.41, 5.74) is 1.25. The summed E-state index contributed by atoms with van der Waals surface area (Å²) in [5, 5.41) is 4.31. The summed E-state index contributed by atoms with van der Waals surface area (Å²) in [5.74, 6) is 0.725. The Morgan fingerprint density at radius 3 is 2.76 bits per heavy atom. The molecule has 3 nitrogen and oxygen atoms in total. The number of methoxy groups -OCH3 is 1. The summed E-state index contributed by atoms with van der Waals surface area (Å²) < 4.78 is 11.2. The van der Waals surface area contributed by atoms with Crippen LogP contribution in [0.4, 0.5) is 0 Å². The van der Waals surface area contributed by atoms with Crippen molar-refractivity contribution in [2.24, 2.45) is 0 Å². The molecule has 1 saturated heterocycles. The Bertz CT molecular complexity index is 460. The van der Waals surface area contributed by atoms with Gasteiger partial charge in [-0.3, -0.25) is 0 Å². The predicted molar refractivity (Wildman–Crippen MR) is 87.1 cm³/mol. The van der Waals surface area contributed by atoms with Crippen LogP contribution in [-0.4, -0.2) is 25.4 Å². The van der Waals surface area contributed by atoms with Crippen LogP contribution >= 0.6 is 11.6 Å². The summed E-state index contributed by atoms with van der Waals surface area (Å²) in [7, 11) is 1.64. The lowest BCUT2D eigenvalue weighted by molar-refractivity contribution is -0.0932. The number of rotatable bonds is 6. The zero-order chi connectivity index (χ0) is 15.3. The first-order chi connectivity index (χ1) is 10.1. The molecular weight excluding hydrogens is 286 g/mol. The van der Waals surface area contributed by atoms with E-state index in [-0.39, 0.29) is 5.60 Å². The molecule has 1 fully saturated rings. The van der Waals surface area contributed by atoms with Gasteiger partial charge in [0, 0.05) is 19.2 Å². The molecule has 1 aromatic rings. The van der Waals surface area contributed by atoms with Crippen molar-refractivity contribution < 1.29 is 9.47 Å². The van der Waals surface area contributed by atoms with E-state index >= 15 is 0 Å². The SMILES string of the molecule is CCC1(CC)CC(NCc2ccc(OC)c(Cl)c2)CCO1. The summed E-state index contributed by atoms with van der Waals surface area (Å²) in [6.45, 7) is 6.12. The number of benzene rings is 1. The molecule has 1 unspecified atom stereocenters. The molecule has 4 heteroatoms. The zero-order valence-corrected chi connectivity index (χ0v) is 14.0. The normalized spacial score (nSPS) is 21.2. The molecule has 0 saturated carbocycles. The molecular formula is C17H26ClNO2. The summed E-state index contributed by atoms with van der Waals surface area (Å²) in [6, 6.07) is 6.47. The van der Waals surface area contributed by atoms with Crippen molar-refractivity contribution in [2.45, 2.75) is 57.7 Å². The second-order valence-corrected chi connectivity index (χ2v) is 6.19. The molecule has 0 aliphatic carbocycles. The van der Waals surface area contributed by atoms with E-state index in [1.54, 1.807) is 7.11 Å². The highest BCUT2D eigenvalue weighted by Crippen LogP contribution is 2.31. The molecule has 2 rings (SSSR count). The monoisotopic (exact) mass is 311 g/mol. The van der Waals surface area contributed by atoms with Crippen molar-refractivity contribution in [3.8, 4) is 5.75 Å². The maximum Gasteiger partial charge on any atom is 0.137 e. The molecule has 1 heterocycles. The van der Waals surface area contributed by atoms with Crippen LogP contribution in [0, 0.1) is 0 Å². The highest BCUT2D eigenvalue weighted by molar-refractivity contribution is 6.32. The fourth-order valence-electron chi connectivity index (χ4n) is 3.03. The van der Waals surface area contributed by atoms with Gasteiger partial charge in [-0.25, -0.2) is 0 Å². The van der Waals surface area contributed by atoms with Crippen LogP contribution in [0.15, 0.2) is 18.2 Å². The summed E-state index contributed by atoms with van der Waals surface area (Å²) in [6.07, 6.45) is 4.32. The van der Waals surface area contributed by atoms with Gasteiger partial charge < -0.3 is 14.8 Å². The maximum absolute atomic E-state index is 6.17. The third-order valence-electron chi connectivity index (χ3n) is 4.59. The van der Waals surface area contributed by atoms with E-state index < -0.39 is 0 Å². The molecule has 0 bridgehead atoms. The van der Waals surface area contributed by atoms with Gasteiger partial charge in [0.05, 0.1) is 17.7 Å². The molecule has 21 heavy (non-hydrogen) atoms. The van der Waals surface area contributed by atoms with Crippen LogP contribution in [0.5, 0.6) is 5.75 Å². The van der Waals surface area contributed by atoms with Crippen molar-refractivity contribution in [1.29, 1.82) is 0 Å². The molecule has 1 atom stereocenters. The third kappa shape index (κ3) is 4.12. The van der Waals surface area contributed by atoms with Crippen LogP contribution < -0.4 is 10.1 Å². The van der Waals surface area contributed by atoms with Crippen LogP contribution in [0.2, 0.25) is 5.02 Å². The van der Waals surface area contributed by atoms with Gasteiger partial charge in [-0.2, -0.15) is 0 Å². The fourth-order valence-corrected chi connectivity index (χ4v) is 3.31. The third-order valence-corrected chi connectivity index (χ3v) is 4.89. The summed E-state index contributed by atoms with van der Waals surface area (Å²) in [4.78, 5) is 0. The molecule has 1 aliphatic heterocycles. The number of hydrogen-bond donors (Lipinski definition) is 1. The number of nitrogens with one attached hydrogen (secondary N) is 1. The van der Waals surface area contributed by atoms with Crippen molar-refractivity contribution in [2.75, 3.05) is 13.7 Å². The van der Waals surface area contributed by atoms with Crippen LogP contribution in [-0.2, 0) is 11.3 Å². The average molecular weight is 312 g/mol. The lowest BCUT2D eigenvalue weighted by Crippen LogP contribution is -2.46. The van der Waals surface area contributed by atoms with Crippen LogP contribution in [0.3, 0.4) is 0 Å². The van der Waals surface area contributed by atoms with Crippen molar-refractivity contribution in [3.63, 3.8) is 0 Å². The molecule has 1 N–H and O–H groups in total. The van der Waals surface area contributed by atoms with Gasteiger partial charge in [0.15, 0.2) is 0 Å². The lowest BCUT2D eigenvalue weighted by Gasteiger charge is -2.40. The fraction of sp³-hybridized carbons (Fsp3) is 0.647. The minimum Gasteiger partial charge on any atom is -0.495 e. The first kappa shape index (κ1) is 16.6. The van der Waals surface area contributed by atoms with E-state index in [4.69, 9.17) is 21.1 Å². The van der Waals surface area contributed by atoms with Gasteiger partial charge in [-0.1, -0.05) is 31.5 Å². The van der Waals surface area contributed by atoms with Crippen molar-refractivity contribution in [1.82, 2.24) is 5.32 Å². The van der Waals surface area contributed by atoms with E-state index in [0.29, 0.717) is 11.1 Å². The number of ether oxygens (including phenoxy) is 2. The largest absolute Gasteiger partial charge is 0.495 e. The van der Waals surface area contributed by atoms with E-state index in [1.807, 2.05) is 12.1 Å². The first-order valence-electron chi connectivity index (χ1n) is 7.82. The summed E-state index contributed by atoms with van der Waals surface area (Å²) >= 11 is 6.17. The Morgan fingerprint density at radius 2 is 2.14 bits per heavy atom. The Labute approximate surface area is 133 Å².